The lowest BCUT2D eigenvalue weighted by atomic mass is 9.76. The molecule has 1 heterocycles. The summed E-state index contributed by atoms with van der Waals surface area (Å²) in [7, 11) is 0. The van der Waals surface area contributed by atoms with Crippen molar-refractivity contribution in [3.63, 3.8) is 0 Å². The van der Waals surface area contributed by atoms with Gasteiger partial charge in [0.15, 0.2) is 0 Å². The van der Waals surface area contributed by atoms with Crippen LogP contribution in [-0.2, 0) is 9.59 Å². The van der Waals surface area contributed by atoms with Crippen LogP contribution in [0.5, 0.6) is 0 Å². The van der Waals surface area contributed by atoms with E-state index in [4.69, 9.17) is 0 Å². The lowest BCUT2D eigenvalue weighted by Crippen LogP contribution is -2.27. The molecule has 2 aliphatic rings. The largest absolute Gasteiger partial charge is 0.296 e. The Hall–Kier alpha value is -0.860. The minimum absolute atomic E-state index is 0.0394. The fourth-order valence-corrected chi connectivity index (χ4v) is 1.43. The van der Waals surface area contributed by atoms with Crippen LogP contribution in [0, 0.1) is 11.8 Å². The van der Waals surface area contributed by atoms with Crippen molar-refractivity contribution in [1.29, 1.82) is 0 Å². The molecule has 0 aromatic heterocycles. The van der Waals surface area contributed by atoms with E-state index >= 15 is 0 Å². The molecular formula is C6H7NO2. The van der Waals surface area contributed by atoms with Crippen molar-refractivity contribution in [3.8, 4) is 0 Å². The van der Waals surface area contributed by atoms with Gasteiger partial charge in [0, 0.05) is 11.8 Å². The van der Waals surface area contributed by atoms with E-state index in [1.54, 1.807) is 0 Å². The topological polar surface area (TPSA) is 46.2 Å². The highest BCUT2D eigenvalue weighted by molar-refractivity contribution is 6.06. The number of imide groups is 1. The summed E-state index contributed by atoms with van der Waals surface area (Å²) in [5.74, 6) is -0.0394. The van der Waals surface area contributed by atoms with E-state index in [0.29, 0.717) is 0 Å². The molecule has 3 nitrogen and oxygen atoms in total. The number of rotatable bonds is 0. The van der Waals surface area contributed by atoms with Gasteiger partial charge in [-0.25, -0.2) is 0 Å². The van der Waals surface area contributed by atoms with Gasteiger partial charge in [-0.2, -0.15) is 0 Å². The third-order valence-corrected chi connectivity index (χ3v) is 2.19. The first-order chi connectivity index (χ1) is 4.29. The van der Waals surface area contributed by atoms with E-state index in [1.165, 1.54) is 0 Å². The van der Waals surface area contributed by atoms with Crippen molar-refractivity contribution in [3.05, 3.63) is 0 Å². The fourth-order valence-electron chi connectivity index (χ4n) is 1.43. The molecule has 0 radical (unpaired) electrons. The van der Waals surface area contributed by atoms with Crippen LogP contribution in [-0.4, -0.2) is 11.8 Å². The second-order valence-electron chi connectivity index (χ2n) is 2.64. The molecule has 1 saturated heterocycles. The molecule has 48 valence electrons. The maximum Gasteiger partial charge on any atom is 0.230 e. The monoisotopic (exact) mass is 125 g/mol. The summed E-state index contributed by atoms with van der Waals surface area (Å²) in [5, 5.41) is 2.30. The lowest BCUT2D eigenvalue weighted by Gasteiger charge is -2.24. The number of hydrogen-bond donors (Lipinski definition) is 1. The van der Waals surface area contributed by atoms with Crippen LogP contribution in [0.2, 0.25) is 0 Å². The van der Waals surface area contributed by atoms with E-state index in [9.17, 15) is 9.59 Å². The van der Waals surface area contributed by atoms with Crippen molar-refractivity contribution in [2.45, 2.75) is 12.8 Å². The van der Waals surface area contributed by atoms with E-state index in [0.717, 1.165) is 12.8 Å². The summed E-state index contributed by atoms with van der Waals surface area (Å²) in [4.78, 5) is 21.4. The second-order valence-corrected chi connectivity index (χ2v) is 2.64. The molecule has 0 aromatic carbocycles. The van der Waals surface area contributed by atoms with Gasteiger partial charge in [0.1, 0.15) is 0 Å². The Morgan fingerprint density at radius 1 is 1.11 bits per heavy atom. The molecule has 1 N–H and O–H groups in total. The van der Waals surface area contributed by atoms with E-state index in [1.807, 2.05) is 0 Å². The van der Waals surface area contributed by atoms with Gasteiger partial charge in [-0.1, -0.05) is 0 Å². The third kappa shape index (κ3) is 0.465. The first-order valence-corrected chi connectivity index (χ1v) is 3.14. The van der Waals surface area contributed by atoms with Crippen molar-refractivity contribution in [2.24, 2.45) is 11.8 Å². The third-order valence-electron chi connectivity index (χ3n) is 2.19. The Morgan fingerprint density at radius 3 is 1.78 bits per heavy atom. The summed E-state index contributed by atoms with van der Waals surface area (Å²) >= 11 is 0. The SMILES string of the molecule is O=C1NC(=O)[C@H]2CC[C@H]12. The van der Waals surface area contributed by atoms with Crippen LogP contribution >= 0.6 is 0 Å². The van der Waals surface area contributed by atoms with Crippen LogP contribution in [0.15, 0.2) is 0 Å². The van der Waals surface area contributed by atoms with Crippen molar-refractivity contribution in [1.82, 2.24) is 5.32 Å². The van der Waals surface area contributed by atoms with Crippen molar-refractivity contribution in [2.75, 3.05) is 0 Å². The van der Waals surface area contributed by atoms with Gasteiger partial charge >= 0.3 is 0 Å². The van der Waals surface area contributed by atoms with Gasteiger partial charge in [0.2, 0.25) is 11.8 Å². The molecule has 2 rings (SSSR count). The highest BCUT2D eigenvalue weighted by Gasteiger charge is 2.47. The predicted molar refractivity (Wildman–Crippen MR) is 29.4 cm³/mol. The number of carbonyl (C=O) groups is 2. The Balaban J connectivity index is 2.26. The average Bonchev–Trinajstić information content (AvgIpc) is 1.73. The minimum Gasteiger partial charge on any atom is -0.296 e. The zero-order valence-electron chi connectivity index (χ0n) is 4.89. The molecule has 9 heavy (non-hydrogen) atoms. The summed E-state index contributed by atoms with van der Waals surface area (Å²) < 4.78 is 0. The fraction of sp³-hybridized carbons (Fsp3) is 0.667. The molecule has 1 aliphatic heterocycles. The first kappa shape index (κ1) is 4.97. The molecule has 0 spiro atoms. The molecule has 2 atom stereocenters. The zero-order chi connectivity index (χ0) is 6.43. The summed E-state index contributed by atoms with van der Waals surface area (Å²) in [6, 6.07) is 0. The molecule has 1 saturated carbocycles. The molecule has 0 bridgehead atoms. The number of amides is 2. The molecule has 2 amide bonds. The van der Waals surface area contributed by atoms with Crippen LogP contribution in [0.4, 0.5) is 0 Å². The molecule has 0 aromatic rings. The van der Waals surface area contributed by atoms with E-state index < -0.39 is 0 Å². The highest BCUT2D eigenvalue weighted by atomic mass is 16.2. The zero-order valence-corrected chi connectivity index (χ0v) is 4.89. The number of nitrogens with one attached hydrogen (secondary N) is 1. The van der Waals surface area contributed by atoms with Crippen LogP contribution in [0.3, 0.4) is 0 Å². The normalized spacial score (nSPS) is 39.6. The number of hydrogen-bond acceptors (Lipinski definition) is 2. The quantitative estimate of drug-likeness (QED) is 0.450. The Labute approximate surface area is 52.4 Å². The van der Waals surface area contributed by atoms with E-state index in [2.05, 4.69) is 5.32 Å². The second kappa shape index (κ2) is 1.35. The maximum absolute atomic E-state index is 10.7. The van der Waals surface area contributed by atoms with Gasteiger partial charge in [0.25, 0.3) is 0 Å². The van der Waals surface area contributed by atoms with Crippen LogP contribution < -0.4 is 5.32 Å². The average molecular weight is 125 g/mol. The predicted octanol–water partition coefficient (Wildman–Crippen LogP) is -0.331. The molecule has 0 unspecified atom stereocenters. The van der Waals surface area contributed by atoms with Gasteiger partial charge in [-0.05, 0) is 12.8 Å². The highest BCUT2D eigenvalue weighted by Crippen LogP contribution is 2.37. The van der Waals surface area contributed by atoms with Crippen LogP contribution in [0.1, 0.15) is 12.8 Å². The number of fused-ring (bicyclic) bond motifs is 1. The summed E-state index contributed by atoms with van der Waals surface area (Å²) in [5.41, 5.74) is 0. The number of carbonyl (C=O) groups excluding carboxylic acids is 2. The standard InChI is InChI=1S/C6H7NO2/c8-5-3-1-2-4(3)6(9)7-5/h3-4H,1-2H2,(H,7,8,9)/t3-,4-/m0/s1. The van der Waals surface area contributed by atoms with Gasteiger partial charge in [0.05, 0.1) is 0 Å². The molecule has 2 fully saturated rings. The summed E-state index contributed by atoms with van der Waals surface area (Å²) in [6.07, 6.45) is 1.81. The van der Waals surface area contributed by atoms with Crippen LogP contribution in [0.25, 0.3) is 0 Å². The Bertz CT molecular complexity index is 167. The molecular weight excluding hydrogens is 118 g/mol. The van der Waals surface area contributed by atoms with Crippen molar-refractivity contribution < 1.29 is 9.59 Å². The first-order valence-electron chi connectivity index (χ1n) is 3.14. The van der Waals surface area contributed by atoms with Gasteiger partial charge in [-0.15, -0.1) is 0 Å². The smallest absolute Gasteiger partial charge is 0.230 e. The lowest BCUT2D eigenvalue weighted by molar-refractivity contribution is -0.125. The maximum atomic E-state index is 10.7. The Morgan fingerprint density at radius 2 is 1.56 bits per heavy atom. The summed E-state index contributed by atoms with van der Waals surface area (Å²) in [6.45, 7) is 0. The van der Waals surface area contributed by atoms with Gasteiger partial charge in [-0.3, -0.25) is 14.9 Å². The molecule has 1 aliphatic carbocycles. The van der Waals surface area contributed by atoms with Gasteiger partial charge < -0.3 is 0 Å². The minimum atomic E-state index is -0.0590. The van der Waals surface area contributed by atoms with E-state index in [-0.39, 0.29) is 23.7 Å². The Kier molecular flexibility index (Phi) is 0.743. The van der Waals surface area contributed by atoms with Crippen molar-refractivity contribution >= 4 is 11.8 Å². The molecule has 3 heteroatoms.